The number of hydrogen-bond donors (Lipinski definition) is 1. The van der Waals surface area contributed by atoms with Crippen molar-refractivity contribution in [3.8, 4) is 0 Å². The van der Waals surface area contributed by atoms with Gasteiger partial charge < -0.3 is 0 Å². The van der Waals surface area contributed by atoms with Gasteiger partial charge in [0.15, 0.2) is 0 Å². The Labute approximate surface area is 129 Å². The van der Waals surface area contributed by atoms with Gasteiger partial charge >= 0.3 is 0 Å². The maximum absolute atomic E-state index is 11.9. The second-order valence-electron chi connectivity index (χ2n) is 5.03. The monoisotopic (exact) mass is 300 g/mol. The summed E-state index contributed by atoms with van der Waals surface area (Å²) in [7, 11) is 0. The number of carbonyl (C=O) groups excluding carboxylic acids is 1. The Balaban J connectivity index is 1.96. The van der Waals surface area contributed by atoms with E-state index in [4.69, 9.17) is 11.6 Å². The molecule has 0 aromatic heterocycles. The maximum atomic E-state index is 11.9. The van der Waals surface area contributed by atoms with Crippen molar-refractivity contribution in [3.63, 3.8) is 0 Å². The summed E-state index contributed by atoms with van der Waals surface area (Å²) in [6.45, 7) is 4.23. The van der Waals surface area contributed by atoms with E-state index in [2.05, 4.69) is 24.4 Å². The van der Waals surface area contributed by atoms with Crippen LogP contribution in [0.25, 0.3) is 0 Å². The van der Waals surface area contributed by atoms with Gasteiger partial charge in [0.25, 0.3) is 5.91 Å². The van der Waals surface area contributed by atoms with Crippen LogP contribution in [0, 0.1) is 0 Å². The summed E-state index contributed by atoms with van der Waals surface area (Å²) >= 11 is 5.80. The fourth-order valence-corrected chi connectivity index (χ4v) is 1.92. The molecule has 1 N–H and O–H groups in total. The summed E-state index contributed by atoms with van der Waals surface area (Å²) in [6, 6.07) is 14.7. The molecule has 21 heavy (non-hydrogen) atoms. The fourth-order valence-electron chi connectivity index (χ4n) is 1.80. The molecule has 2 rings (SSSR count). The van der Waals surface area contributed by atoms with Gasteiger partial charge in [-0.25, -0.2) is 5.43 Å². The van der Waals surface area contributed by atoms with Gasteiger partial charge in [-0.05, 0) is 41.3 Å². The first-order valence-electron chi connectivity index (χ1n) is 6.75. The van der Waals surface area contributed by atoms with Gasteiger partial charge in [-0.2, -0.15) is 5.10 Å². The molecule has 0 aliphatic heterocycles. The van der Waals surface area contributed by atoms with Crippen molar-refractivity contribution in [1.29, 1.82) is 0 Å². The fraction of sp³-hybridized carbons (Fsp3) is 0.176. The normalized spacial score (nSPS) is 11.0. The van der Waals surface area contributed by atoms with Crippen LogP contribution in [0.15, 0.2) is 53.6 Å². The summed E-state index contributed by atoms with van der Waals surface area (Å²) in [5.74, 6) is 0.223. The van der Waals surface area contributed by atoms with Crippen molar-refractivity contribution in [3.05, 3.63) is 70.2 Å². The molecule has 4 heteroatoms. The third kappa shape index (κ3) is 4.43. The van der Waals surface area contributed by atoms with E-state index >= 15 is 0 Å². The van der Waals surface area contributed by atoms with E-state index in [1.807, 2.05) is 36.4 Å². The highest BCUT2D eigenvalue weighted by Gasteiger charge is 2.05. The SMILES string of the molecule is CC(C)c1ccc(C(=O)NN=Cc2ccc(Cl)cc2)cc1. The van der Waals surface area contributed by atoms with Crippen LogP contribution in [0.5, 0.6) is 0 Å². The van der Waals surface area contributed by atoms with Crippen molar-refractivity contribution in [2.45, 2.75) is 19.8 Å². The van der Waals surface area contributed by atoms with Crippen LogP contribution in [0.4, 0.5) is 0 Å². The lowest BCUT2D eigenvalue weighted by Gasteiger charge is -2.05. The van der Waals surface area contributed by atoms with Crippen LogP contribution in [-0.2, 0) is 0 Å². The first kappa shape index (κ1) is 15.3. The van der Waals surface area contributed by atoms with E-state index in [0.717, 1.165) is 5.56 Å². The smallest absolute Gasteiger partial charge is 0.267 e. The van der Waals surface area contributed by atoms with Gasteiger partial charge in [0, 0.05) is 10.6 Å². The average molecular weight is 301 g/mol. The van der Waals surface area contributed by atoms with Crippen LogP contribution in [0.1, 0.15) is 41.3 Å². The molecule has 0 aliphatic carbocycles. The molecule has 0 atom stereocenters. The zero-order valence-corrected chi connectivity index (χ0v) is 12.8. The molecule has 0 unspecified atom stereocenters. The summed E-state index contributed by atoms with van der Waals surface area (Å²) in [5, 5.41) is 4.61. The number of hydrazone groups is 1. The molecule has 0 spiro atoms. The average Bonchev–Trinajstić information content (AvgIpc) is 2.49. The predicted molar refractivity (Wildman–Crippen MR) is 87.0 cm³/mol. The number of benzene rings is 2. The molecule has 108 valence electrons. The topological polar surface area (TPSA) is 41.5 Å². The minimum absolute atomic E-state index is 0.226. The van der Waals surface area contributed by atoms with Crippen LogP contribution in [0.2, 0.25) is 5.02 Å². The zero-order valence-electron chi connectivity index (χ0n) is 12.0. The van der Waals surface area contributed by atoms with Gasteiger partial charge in [-0.3, -0.25) is 4.79 Å². The third-order valence-corrected chi connectivity index (χ3v) is 3.34. The van der Waals surface area contributed by atoms with E-state index in [0.29, 0.717) is 16.5 Å². The highest BCUT2D eigenvalue weighted by Crippen LogP contribution is 2.14. The molecule has 0 aliphatic rings. The lowest BCUT2D eigenvalue weighted by Crippen LogP contribution is -2.17. The molecular weight excluding hydrogens is 284 g/mol. The van der Waals surface area contributed by atoms with Crippen molar-refractivity contribution < 1.29 is 4.79 Å². The molecule has 1 amide bonds. The lowest BCUT2D eigenvalue weighted by atomic mass is 10.0. The summed E-state index contributed by atoms with van der Waals surface area (Å²) < 4.78 is 0. The van der Waals surface area contributed by atoms with Crippen molar-refractivity contribution in [2.24, 2.45) is 5.10 Å². The van der Waals surface area contributed by atoms with Crippen LogP contribution < -0.4 is 5.43 Å². The number of hydrogen-bond acceptors (Lipinski definition) is 2. The van der Waals surface area contributed by atoms with Gasteiger partial charge in [0.2, 0.25) is 0 Å². The van der Waals surface area contributed by atoms with Crippen LogP contribution in [-0.4, -0.2) is 12.1 Å². The number of amides is 1. The van der Waals surface area contributed by atoms with Gasteiger partial charge in [-0.15, -0.1) is 0 Å². The number of nitrogens with one attached hydrogen (secondary N) is 1. The largest absolute Gasteiger partial charge is 0.271 e. The molecule has 0 bridgehead atoms. The molecule has 0 heterocycles. The Morgan fingerprint density at radius 1 is 1.10 bits per heavy atom. The Morgan fingerprint density at radius 2 is 1.71 bits per heavy atom. The lowest BCUT2D eigenvalue weighted by molar-refractivity contribution is 0.0955. The summed E-state index contributed by atoms with van der Waals surface area (Å²) in [5.41, 5.74) is 5.17. The Morgan fingerprint density at radius 3 is 2.29 bits per heavy atom. The van der Waals surface area contributed by atoms with Gasteiger partial charge in [-0.1, -0.05) is 49.7 Å². The van der Waals surface area contributed by atoms with Crippen molar-refractivity contribution in [1.82, 2.24) is 5.43 Å². The molecule has 2 aromatic carbocycles. The van der Waals surface area contributed by atoms with Crippen LogP contribution >= 0.6 is 11.6 Å². The van der Waals surface area contributed by atoms with E-state index in [1.54, 1.807) is 18.3 Å². The third-order valence-electron chi connectivity index (χ3n) is 3.09. The van der Waals surface area contributed by atoms with Crippen molar-refractivity contribution >= 4 is 23.7 Å². The molecular formula is C17H17ClN2O. The molecule has 3 nitrogen and oxygen atoms in total. The standard InChI is InChI=1S/C17H17ClN2O/c1-12(2)14-5-7-15(8-6-14)17(21)20-19-11-13-3-9-16(18)10-4-13/h3-12H,1-2H3,(H,20,21). The molecule has 2 aromatic rings. The van der Waals surface area contributed by atoms with Crippen LogP contribution in [0.3, 0.4) is 0 Å². The molecule has 0 saturated heterocycles. The molecule has 0 radical (unpaired) electrons. The second kappa shape index (κ2) is 7.04. The summed E-state index contributed by atoms with van der Waals surface area (Å²) in [4.78, 5) is 11.9. The number of carbonyl (C=O) groups is 1. The summed E-state index contributed by atoms with van der Waals surface area (Å²) in [6.07, 6.45) is 1.58. The first-order valence-corrected chi connectivity index (χ1v) is 7.13. The zero-order chi connectivity index (χ0) is 15.2. The Hall–Kier alpha value is -2.13. The first-order chi connectivity index (χ1) is 10.1. The number of rotatable bonds is 4. The second-order valence-corrected chi connectivity index (χ2v) is 5.46. The minimum Gasteiger partial charge on any atom is -0.267 e. The Bertz CT molecular complexity index is 631. The van der Waals surface area contributed by atoms with E-state index in [-0.39, 0.29) is 5.91 Å². The van der Waals surface area contributed by atoms with Gasteiger partial charge in [0.1, 0.15) is 0 Å². The predicted octanol–water partition coefficient (Wildman–Crippen LogP) is 4.23. The van der Waals surface area contributed by atoms with E-state index < -0.39 is 0 Å². The molecule has 0 fully saturated rings. The van der Waals surface area contributed by atoms with Gasteiger partial charge in [0.05, 0.1) is 6.21 Å². The maximum Gasteiger partial charge on any atom is 0.271 e. The minimum atomic E-state index is -0.226. The highest BCUT2D eigenvalue weighted by molar-refractivity contribution is 6.30. The highest BCUT2D eigenvalue weighted by atomic mass is 35.5. The quantitative estimate of drug-likeness (QED) is 0.666. The molecule has 0 saturated carbocycles. The number of nitrogens with zero attached hydrogens (tertiary/aromatic N) is 1. The number of halogens is 1. The van der Waals surface area contributed by atoms with E-state index in [9.17, 15) is 4.79 Å². The van der Waals surface area contributed by atoms with E-state index in [1.165, 1.54) is 5.56 Å². The Kier molecular flexibility index (Phi) is 5.12. The van der Waals surface area contributed by atoms with Crippen molar-refractivity contribution in [2.75, 3.05) is 0 Å².